The highest BCUT2D eigenvalue weighted by Gasteiger charge is 2.07. The van der Waals surface area contributed by atoms with Gasteiger partial charge in [-0.2, -0.15) is 0 Å². The van der Waals surface area contributed by atoms with Crippen molar-refractivity contribution in [3.8, 4) is 0 Å². The fourth-order valence-corrected chi connectivity index (χ4v) is 1.73. The van der Waals surface area contributed by atoms with Crippen LogP contribution in [0.2, 0.25) is 0 Å². The fourth-order valence-electron chi connectivity index (χ4n) is 1.15. The number of hydrogen-bond acceptors (Lipinski definition) is 1. The average Bonchev–Trinajstić information content (AvgIpc) is 2.16. The average molecular weight is 254 g/mol. The van der Waals surface area contributed by atoms with E-state index in [4.69, 9.17) is 5.73 Å². The second-order valence-corrected chi connectivity index (χ2v) is 3.95. The number of allylic oxidation sites excluding steroid dienone is 1. The molecule has 0 radical (unpaired) electrons. The van der Waals surface area contributed by atoms with Crippen LogP contribution in [0.4, 0.5) is 0 Å². The second kappa shape index (κ2) is 4.42. The molecular formula is C11H12BrNO. The summed E-state index contributed by atoms with van der Waals surface area (Å²) in [6.07, 6.45) is 0. The van der Waals surface area contributed by atoms with Crippen LogP contribution in [-0.4, -0.2) is 5.91 Å². The number of nitrogens with two attached hydrogens (primary N) is 1. The van der Waals surface area contributed by atoms with Crippen molar-refractivity contribution in [1.29, 1.82) is 0 Å². The first-order chi connectivity index (χ1) is 6.54. The lowest BCUT2D eigenvalue weighted by Gasteiger charge is -2.07. The molecule has 0 aromatic heterocycles. The Balaban J connectivity index is 3.25. The number of carbonyl (C=O) groups is 1. The van der Waals surface area contributed by atoms with Gasteiger partial charge in [-0.15, -0.1) is 0 Å². The van der Waals surface area contributed by atoms with Gasteiger partial charge in [0.1, 0.15) is 0 Å². The molecule has 0 unspecified atom stereocenters. The second-order valence-electron chi connectivity index (χ2n) is 3.09. The van der Waals surface area contributed by atoms with E-state index in [9.17, 15) is 4.79 Å². The van der Waals surface area contributed by atoms with Crippen molar-refractivity contribution in [3.05, 3.63) is 39.9 Å². The van der Waals surface area contributed by atoms with Gasteiger partial charge < -0.3 is 5.73 Å². The molecule has 0 atom stereocenters. The van der Waals surface area contributed by atoms with Gasteiger partial charge in [0.05, 0.1) is 0 Å². The first-order valence-electron chi connectivity index (χ1n) is 4.26. The Labute approximate surface area is 91.9 Å². The largest absolute Gasteiger partial charge is 0.366 e. The summed E-state index contributed by atoms with van der Waals surface area (Å²) in [5.41, 5.74) is 7.72. The van der Waals surface area contributed by atoms with Crippen LogP contribution in [0.15, 0.2) is 34.3 Å². The van der Waals surface area contributed by atoms with E-state index < -0.39 is 0 Å². The predicted octanol–water partition coefficient (Wildman–Crippen LogP) is 2.73. The number of carbonyl (C=O) groups excluding carboxylic acids is 1. The molecule has 2 nitrogen and oxygen atoms in total. The van der Waals surface area contributed by atoms with Gasteiger partial charge in [0.25, 0.3) is 0 Å². The molecule has 1 amide bonds. The smallest absolute Gasteiger partial charge is 0.244 e. The number of hydrogen-bond donors (Lipinski definition) is 1. The molecule has 3 heteroatoms. The summed E-state index contributed by atoms with van der Waals surface area (Å²) in [5.74, 6) is -0.377. The summed E-state index contributed by atoms with van der Waals surface area (Å²) in [6, 6.07) is 7.75. The van der Waals surface area contributed by atoms with Crippen molar-refractivity contribution < 1.29 is 4.79 Å². The van der Waals surface area contributed by atoms with Gasteiger partial charge in [0.15, 0.2) is 0 Å². The van der Waals surface area contributed by atoms with Crippen molar-refractivity contribution in [2.24, 2.45) is 5.73 Å². The first-order valence-corrected chi connectivity index (χ1v) is 5.05. The van der Waals surface area contributed by atoms with Crippen LogP contribution in [0.5, 0.6) is 0 Å². The molecule has 0 saturated heterocycles. The monoisotopic (exact) mass is 253 g/mol. The van der Waals surface area contributed by atoms with Gasteiger partial charge in [-0.3, -0.25) is 4.79 Å². The Morgan fingerprint density at radius 2 is 1.86 bits per heavy atom. The summed E-state index contributed by atoms with van der Waals surface area (Å²) in [4.78, 5) is 11.0. The van der Waals surface area contributed by atoms with Crippen LogP contribution in [0.3, 0.4) is 0 Å². The van der Waals surface area contributed by atoms with Crippen molar-refractivity contribution in [1.82, 2.24) is 0 Å². The molecule has 0 aliphatic rings. The summed E-state index contributed by atoms with van der Waals surface area (Å²) >= 11 is 3.43. The van der Waals surface area contributed by atoms with Crippen molar-refractivity contribution in [2.45, 2.75) is 13.8 Å². The third kappa shape index (κ3) is 2.23. The van der Waals surface area contributed by atoms with Crippen LogP contribution in [0.1, 0.15) is 19.4 Å². The van der Waals surface area contributed by atoms with E-state index in [1.807, 2.05) is 31.2 Å². The summed E-state index contributed by atoms with van der Waals surface area (Å²) in [7, 11) is 0. The molecule has 0 aliphatic heterocycles. The van der Waals surface area contributed by atoms with Gasteiger partial charge in [0.2, 0.25) is 5.91 Å². The molecule has 0 aliphatic carbocycles. The van der Waals surface area contributed by atoms with E-state index in [2.05, 4.69) is 15.9 Å². The van der Waals surface area contributed by atoms with E-state index in [0.717, 1.165) is 15.6 Å². The molecule has 0 bridgehead atoms. The SMILES string of the molecule is CC(C(N)=O)=C(C)c1ccccc1Br. The lowest BCUT2D eigenvalue weighted by Crippen LogP contribution is -2.12. The minimum Gasteiger partial charge on any atom is -0.366 e. The fraction of sp³-hybridized carbons (Fsp3) is 0.182. The van der Waals surface area contributed by atoms with Gasteiger partial charge in [-0.25, -0.2) is 0 Å². The molecule has 74 valence electrons. The standard InChI is InChI=1S/C11H12BrNO/c1-7(8(2)11(13)14)9-5-3-4-6-10(9)12/h3-6H,1-2H3,(H2,13,14). The zero-order valence-corrected chi connectivity index (χ0v) is 9.76. The third-order valence-electron chi connectivity index (χ3n) is 2.21. The van der Waals surface area contributed by atoms with E-state index >= 15 is 0 Å². The molecule has 0 saturated carbocycles. The molecule has 2 N–H and O–H groups in total. The highest BCUT2D eigenvalue weighted by atomic mass is 79.9. The van der Waals surface area contributed by atoms with Crippen LogP contribution in [-0.2, 0) is 4.79 Å². The summed E-state index contributed by atoms with van der Waals surface area (Å²) in [6.45, 7) is 3.62. The third-order valence-corrected chi connectivity index (χ3v) is 2.90. The van der Waals surface area contributed by atoms with Crippen LogP contribution < -0.4 is 5.73 Å². The quantitative estimate of drug-likeness (QED) is 0.810. The molecule has 0 spiro atoms. The van der Waals surface area contributed by atoms with Crippen molar-refractivity contribution in [3.63, 3.8) is 0 Å². The molecular weight excluding hydrogens is 242 g/mol. The lowest BCUT2D eigenvalue weighted by atomic mass is 10.0. The number of amides is 1. The number of benzene rings is 1. The summed E-state index contributed by atoms with van der Waals surface area (Å²) in [5, 5.41) is 0. The Morgan fingerprint density at radius 1 is 1.29 bits per heavy atom. The van der Waals surface area contributed by atoms with Crippen LogP contribution in [0, 0.1) is 0 Å². The van der Waals surface area contributed by atoms with Gasteiger partial charge in [-0.1, -0.05) is 34.1 Å². The molecule has 1 rings (SSSR count). The minimum absolute atomic E-state index is 0.377. The highest BCUT2D eigenvalue weighted by Crippen LogP contribution is 2.25. The Morgan fingerprint density at radius 3 is 2.36 bits per heavy atom. The van der Waals surface area contributed by atoms with Crippen molar-refractivity contribution >= 4 is 27.4 Å². The van der Waals surface area contributed by atoms with Crippen LogP contribution >= 0.6 is 15.9 Å². The molecule has 1 aromatic carbocycles. The number of halogens is 1. The topological polar surface area (TPSA) is 43.1 Å². The minimum atomic E-state index is -0.377. The van der Waals surface area contributed by atoms with Crippen molar-refractivity contribution in [2.75, 3.05) is 0 Å². The van der Waals surface area contributed by atoms with E-state index in [-0.39, 0.29) is 5.91 Å². The van der Waals surface area contributed by atoms with Crippen LogP contribution in [0.25, 0.3) is 5.57 Å². The van der Waals surface area contributed by atoms with Gasteiger partial charge in [0, 0.05) is 10.0 Å². The normalized spacial score (nSPS) is 12.2. The first kappa shape index (κ1) is 11.0. The number of primary amides is 1. The van der Waals surface area contributed by atoms with E-state index in [1.54, 1.807) is 6.92 Å². The zero-order valence-electron chi connectivity index (χ0n) is 8.17. The maximum atomic E-state index is 11.0. The van der Waals surface area contributed by atoms with E-state index in [0.29, 0.717) is 5.57 Å². The van der Waals surface area contributed by atoms with Gasteiger partial charge >= 0.3 is 0 Å². The molecule has 14 heavy (non-hydrogen) atoms. The maximum Gasteiger partial charge on any atom is 0.244 e. The summed E-state index contributed by atoms with van der Waals surface area (Å²) < 4.78 is 0.970. The highest BCUT2D eigenvalue weighted by molar-refractivity contribution is 9.10. The Bertz CT molecular complexity index is 396. The Kier molecular flexibility index (Phi) is 3.47. The van der Waals surface area contributed by atoms with E-state index in [1.165, 1.54) is 0 Å². The molecule has 0 heterocycles. The Hall–Kier alpha value is -1.09. The molecule has 0 fully saturated rings. The lowest BCUT2D eigenvalue weighted by molar-refractivity contribution is -0.114. The zero-order chi connectivity index (χ0) is 10.7. The number of rotatable bonds is 2. The van der Waals surface area contributed by atoms with Gasteiger partial charge in [-0.05, 0) is 31.1 Å². The maximum absolute atomic E-state index is 11.0. The predicted molar refractivity (Wildman–Crippen MR) is 61.6 cm³/mol. The molecule has 1 aromatic rings.